The lowest BCUT2D eigenvalue weighted by molar-refractivity contribution is -0.136. The fraction of sp³-hybridized carbons (Fsp3) is 0.300. The van der Waals surface area contributed by atoms with Crippen molar-refractivity contribution >= 4 is 23.2 Å². The molecular weight excluding hydrogens is 385 g/mol. The number of hydrogen-bond donors (Lipinski definition) is 2. The number of carbonyl (C=O) groups is 2. The molecule has 29 heavy (non-hydrogen) atoms. The molecular formula is C20H21F3N4O2. The zero-order chi connectivity index (χ0) is 20.8. The Kier molecular flexibility index (Phi) is 6.71. The highest BCUT2D eigenvalue weighted by Crippen LogP contribution is 2.17. The van der Waals surface area contributed by atoms with Crippen molar-refractivity contribution in [2.24, 2.45) is 0 Å². The molecule has 1 aliphatic rings. The lowest BCUT2D eigenvalue weighted by Crippen LogP contribution is -2.49. The molecule has 1 saturated heterocycles. The van der Waals surface area contributed by atoms with Gasteiger partial charge in [0.2, 0.25) is 0 Å². The minimum absolute atomic E-state index is 0.244. The highest BCUT2D eigenvalue weighted by atomic mass is 19.1. The van der Waals surface area contributed by atoms with Crippen molar-refractivity contribution in [1.29, 1.82) is 0 Å². The Bertz CT molecular complexity index is 869. The van der Waals surface area contributed by atoms with Crippen LogP contribution < -0.4 is 15.5 Å². The topological polar surface area (TPSA) is 64.7 Å². The third-order valence-electron chi connectivity index (χ3n) is 4.66. The number of carbonyl (C=O) groups excluding carboxylic acids is 2. The molecule has 1 fully saturated rings. The molecule has 0 unspecified atom stereocenters. The molecule has 9 heteroatoms. The lowest BCUT2D eigenvalue weighted by atomic mass is 10.2. The van der Waals surface area contributed by atoms with E-state index in [9.17, 15) is 22.8 Å². The molecule has 2 aromatic carbocycles. The van der Waals surface area contributed by atoms with Crippen LogP contribution in [0.25, 0.3) is 0 Å². The Labute approximate surface area is 166 Å². The standard InChI is InChI=1S/C20H21F3N4O2/c21-14-1-4-16(5-2-14)27-11-9-26(10-12-27)8-7-24-19(28)20(29)25-18-13-15(22)3-6-17(18)23/h1-6,13H,7-12H2,(H,24,28)(H,25,29). The van der Waals surface area contributed by atoms with Crippen LogP contribution in [0.5, 0.6) is 0 Å². The maximum Gasteiger partial charge on any atom is 0.313 e. The van der Waals surface area contributed by atoms with Crippen LogP contribution in [-0.2, 0) is 9.59 Å². The second-order valence-corrected chi connectivity index (χ2v) is 6.64. The minimum Gasteiger partial charge on any atom is -0.369 e. The van der Waals surface area contributed by atoms with E-state index >= 15 is 0 Å². The summed E-state index contributed by atoms with van der Waals surface area (Å²) >= 11 is 0. The zero-order valence-corrected chi connectivity index (χ0v) is 15.6. The molecule has 1 heterocycles. The van der Waals surface area contributed by atoms with Gasteiger partial charge in [-0.25, -0.2) is 13.2 Å². The highest BCUT2D eigenvalue weighted by Gasteiger charge is 2.19. The molecule has 0 aromatic heterocycles. The molecule has 0 bridgehead atoms. The van der Waals surface area contributed by atoms with E-state index in [0.717, 1.165) is 50.1 Å². The molecule has 0 spiro atoms. The zero-order valence-electron chi connectivity index (χ0n) is 15.6. The van der Waals surface area contributed by atoms with E-state index in [1.54, 1.807) is 12.1 Å². The smallest absolute Gasteiger partial charge is 0.313 e. The largest absolute Gasteiger partial charge is 0.369 e. The summed E-state index contributed by atoms with van der Waals surface area (Å²) in [5.74, 6) is -3.80. The summed E-state index contributed by atoms with van der Waals surface area (Å²) in [7, 11) is 0. The van der Waals surface area contributed by atoms with Crippen LogP contribution in [0.3, 0.4) is 0 Å². The molecule has 0 saturated carbocycles. The second-order valence-electron chi connectivity index (χ2n) is 6.64. The third kappa shape index (κ3) is 5.71. The number of nitrogens with zero attached hydrogens (tertiary/aromatic N) is 2. The third-order valence-corrected chi connectivity index (χ3v) is 4.66. The lowest BCUT2D eigenvalue weighted by Gasteiger charge is -2.36. The van der Waals surface area contributed by atoms with Gasteiger partial charge in [-0.15, -0.1) is 0 Å². The van der Waals surface area contributed by atoms with Crippen molar-refractivity contribution in [3.05, 3.63) is 59.9 Å². The molecule has 154 valence electrons. The number of nitrogens with one attached hydrogen (secondary N) is 2. The van der Waals surface area contributed by atoms with Gasteiger partial charge >= 0.3 is 11.8 Å². The molecule has 6 nitrogen and oxygen atoms in total. The molecule has 0 atom stereocenters. The molecule has 2 amide bonds. The maximum absolute atomic E-state index is 13.5. The Morgan fingerprint density at radius 3 is 2.21 bits per heavy atom. The summed E-state index contributed by atoms with van der Waals surface area (Å²) in [6.45, 7) is 3.83. The van der Waals surface area contributed by atoms with E-state index in [0.29, 0.717) is 6.54 Å². The molecule has 0 radical (unpaired) electrons. The number of hydrogen-bond acceptors (Lipinski definition) is 4. The SMILES string of the molecule is O=C(NCCN1CCN(c2ccc(F)cc2)CC1)C(=O)Nc1cc(F)ccc1F. The first-order valence-electron chi connectivity index (χ1n) is 9.19. The quantitative estimate of drug-likeness (QED) is 0.746. The fourth-order valence-corrected chi connectivity index (χ4v) is 3.06. The number of piperazine rings is 1. The summed E-state index contributed by atoms with van der Waals surface area (Å²) in [5, 5.41) is 4.52. The number of benzene rings is 2. The molecule has 2 N–H and O–H groups in total. The van der Waals surface area contributed by atoms with E-state index in [1.807, 2.05) is 0 Å². The Hall–Kier alpha value is -3.07. The predicted molar refractivity (Wildman–Crippen MR) is 103 cm³/mol. The van der Waals surface area contributed by atoms with Crippen LogP contribution in [0.1, 0.15) is 0 Å². The van der Waals surface area contributed by atoms with Crippen LogP contribution in [0.15, 0.2) is 42.5 Å². The van der Waals surface area contributed by atoms with Gasteiger partial charge in [0.05, 0.1) is 5.69 Å². The first-order chi connectivity index (χ1) is 13.9. The van der Waals surface area contributed by atoms with Crippen molar-refractivity contribution < 1.29 is 22.8 Å². The Balaban J connectivity index is 1.39. The van der Waals surface area contributed by atoms with Gasteiger partial charge in [-0.1, -0.05) is 0 Å². The Morgan fingerprint density at radius 2 is 1.52 bits per heavy atom. The van der Waals surface area contributed by atoms with Crippen molar-refractivity contribution in [3.8, 4) is 0 Å². The molecule has 0 aliphatic carbocycles. The first-order valence-corrected chi connectivity index (χ1v) is 9.19. The van der Waals surface area contributed by atoms with E-state index in [2.05, 4.69) is 20.4 Å². The van der Waals surface area contributed by atoms with Crippen LogP contribution in [0, 0.1) is 17.5 Å². The van der Waals surface area contributed by atoms with Crippen LogP contribution in [-0.4, -0.2) is 56.0 Å². The summed E-state index contributed by atoms with van der Waals surface area (Å²) < 4.78 is 39.6. The molecule has 3 rings (SSSR count). The van der Waals surface area contributed by atoms with Gasteiger partial charge in [0.15, 0.2) is 0 Å². The van der Waals surface area contributed by atoms with Crippen molar-refractivity contribution in [1.82, 2.24) is 10.2 Å². The summed E-state index contributed by atoms with van der Waals surface area (Å²) in [5.41, 5.74) is 0.572. The van der Waals surface area contributed by atoms with E-state index < -0.39 is 23.4 Å². The van der Waals surface area contributed by atoms with Gasteiger partial charge in [0.25, 0.3) is 0 Å². The fourth-order valence-electron chi connectivity index (χ4n) is 3.06. The number of halogens is 3. The van der Waals surface area contributed by atoms with Crippen LogP contribution >= 0.6 is 0 Å². The van der Waals surface area contributed by atoms with Crippen LogP contribution in [0.2, 0.25) is 0 Å². The van der Waals surface area contributed by atoms with Gasteiger partial charge in [-0.2, -0.15) is 0 Å². The molecule has 1 aliphatic heterocycles. The van der Waals surface area contributed by atoms with Crippen LogP contribution in [0.4, 0.5) is 24.5 Å². The average Bonchev–Trinajstić information content (AvgIpc) is 2.72. The molecule has 2 aromatic rings. The monoisotopic (exact) mass is 406 g/mol. The summed E-state index contributed by atoms with van der Waals surface area (Å²) in [4.78, 5) is 28.0. The predicted octanol–water partition coefficient (Wildman–Crippen LogP) is 1.98. The van der Waals surface area contributed by atoms with Gasteiger partial charge in [-0.05, 0) is 36.4 Å². The maximum atomic E-state index is 13.5. The van der Waals surface area contributed by atoms with Gasteiger partial charge in [0, 0.05) is 51.0 Å². The highest BCUT2D eigenvalue weighted by molar-refractivity contribution is 6.39. The average molecular weight is 406 g/mol. The van der Waals surface area contributed by atoms with Crippen molar-refractivity contribution in [2.45, 2.75) is 0 Å². The number of rotatable bonds is 5. The van der Waals surface area contributed by atoms with E-state index in [4.69, 9.17) is 0 Å². The summed E-state index contributed by atoms with van der Waals surface area (Å²) in [6, 6.07) is 8.93. The number of amides is 2. The van der Waals surface area contributed by atoms with E-state index in [-0.39, 0.29) is 18.0 Å². The normalized spacial score (nSPS) is 14.5. The first kappa shape index (κ1) is 20.7. The Morgan fingerprint density at radius 1 is 0.862 bits per heavy atom. The minimum atomic E-state index is -1.06. The van der Waals surface area contributed by atoms with Crippen molar-refractivity contribution in [3.63, 3.8) is 0 Å². The van der Waals surface area contributed by atoms with Gasteiger partial charge in [0.1, 0.15) is 17.5 Å². The van der Waals surface area contributed by atoms with Crippen molar-refractivity contribution in [2.75, 3.05) is 49.5 Å². The summed E-state index contributed by atoms with van der Waals surface area (Å²) in [6.07, 6.45) is 0. The van der Waals surface area contributed by atoms with Gasteiger partial charge < -0.3 is 15.5 Å². The van der Waals surface area contributed by atoms with E-state index in [1.165, 1.54) is 12.1 Å². The number of anilines is 2. The second kappa shape index (κ2) is 9.42. The van der Waals surface area contributed by atoms with Gasteiger partial charge in [-0.3, -0.25) is 14.5 Å².